The van der Waals surface area contributed by atoms with Crippen LogP contribution in [0, 0.1) is 0 Å². The number of carboxylic acids is 1. The normalized spacial score (nSPS) is 17.1. The third kappa shape index (κ3) is 2.63. The maximum absolute atomic E-state index is 12.5. The van der Waals surface area contributed by atoms with E-state index in [1.807, 2.05) is 48.5 Å². The van der Waals surface area contributed by atoms with Crippen molar-refractivity contribution in [2.24, 2.45) is 0 Å². The Balaban J connectivity index is 1.69. The summed E-state index contributed by atoms with van der Waals surface area (Å²) < 4.78 is 10.8. The van der Waals surface area contributed by atoms with Crippen LogP contribution in [0.2, 0.25) is 0 Å². The molecule has 0 unspecified atom stereocenters. The first-order valence-corrected chi connectivity index (χ1v) is 9.58. The van der Waals surface area contributed by atoms with Crippen molar-refractivity contribution < 1.29 is 24.2 Å². The van der Waals surface area contributed by atoms with E-state index in [9.17, 15) is 14.7 Å². The number of anilines is 1. The molecule has 0 saturated heterocycles. The second-order valence-corrected chi connectivity index (χ2v) is 7.69. The van der Waals surface area contributed by atoms with Gasteiger partial charge in [0.1, 0.15) is 4.88 Å². The second kappa shape index (κ2) is 6.38. The molecule has 2 aromatic carbocycles. The van der Waals surface area contributed by atoms with E-state index in [-0.39, 0.29) is 29.9 Å². The molecule has 2 aliphatic heterocycles. The Bertz CT molecular complexity index is 1110. The minimum atomic E-state index is -1.00. The van der Waals surface area contributed by atoms with Crippen LogP contribution in [-0.4, -0.2) is 23.8 Å². The minimum absolute atomic E-state index is 0.137. The lowest BCUT2D eigenvalue weighted by molar-refractivity contribution is -0.116. The predicted molar refractivity (Wildman–Crippen MR) is 104 cm³/mol. The zero-order valence-corrected chi connectivity index (χ0v) is 15.4. The van der Waals surface area contributed by atoms with Gasteiger partial charge in [-0.25, -0.2) is 4.79 Å². The lowest BCUT2D eigenvalue weighted by Crippen LogP contribution is -2.22. The van der Waals surface area contributed by atoms with Gasteiger partial charge >= 0.3 is 5.97 Å². The summed E-state index contributed by atoms with van der Waals surface area (Å²) in [4.78, 5) is 25.5. The van der Waals surface area contributed by atoms with Gasteiger partial charge in [-0.2, -0.15) is 0 Å². The van der Waals surface area contributed by atoms with Crippen LogP contribution in [-0.2, 0) is 4.79 Å². The highest BCUT2D eigenvalue weighted by molar-refractivity contribution is 7.15. The Morgan fingerprint density at radius 3 is 2.68 bits per heavy atom. The van der Waals surface area contributed by atoms with Crippen LogP contribution in [0.15, 0.2) is 48.5 Å². The number of carbonyl (C=O) groups excluding carboxylic acids is 1. The Morgan fingerprint density at radius 2 is 1.89 bits per heavy atom. The lowest BCUT2D eigenvalue weighted by atomic mass is 9.88. The van der Waals surface area contributed by atoms with E-state index in [1.54, 1.807) is 0 Å². The van der Waals surface area contributed by atoms with Crippen LogP contribution in [0.5, 0.6) is 11.5 Å². The summed E-state index contributed by atoms with van der Waals surface area (Å²) in [7, 11) is 0. The van der Waals surface area contributed by atoms with Crippen LogP contribution in [0.1, 0.15) is 32.5 Å². The smallest absolute Gasteiger partial charge is 0.346 e. The van der Waals surface area contributed by atoms with E-state index in [2.05, 4.69) is 5.32 Å². The maximum atomic E-state index is 12.5. The van der Waals surface area contributed by atoms with Gasteiger partial charge in [0, 0.05) is 22.8 Å². The van der Waals surface area contributed by atoms with E-state index in [0.29, 0.717) is 22.7 Å². The zero-order valence-electron chi connectivity index (χ0n) is 14.6. The highest BCUT2D eigenvalue weighted by atomic mass is 32.1. The number of ether oxygens (including phenoxy) is 2. The molecule has 7 heteroatoms. The van der Waals surface area contributed by atoms with Gasteiger partial charge in [0.2, 0.25) is 12.7 Å². The standard InChI is InChI=1S/C21H15NO5S/c23-16-9-13(12-6-7-14-15(8-12)27-10-26-14)19-18(22-16)17(20(28-19)21(24)25)11-4-2-1-3-5-11/h1-8,13H,9-10H2,(H,22,23)(H,24,25)/t13-/m0/s1. The average molecular weight is 393 g/mol. The van der Waals surface area contributed by atoms with Gasteiger partial charge in [0.25, 0.3) is 0 Å². The summed E-state index contributed by atoms with van der Waals surface area (Å²) >= 11 is 1.22. The fourth-order valence-electron chi connectivity index (χ4n) is 3.72. The van der Waals surface area contributed by atoms with E-state index in [1.165, 1.54) is 11.3 Å². The van der Waals surface area contributed by atoms with E-state index in [0.717, 1.165) is 16.0 Å². The molecule has 1 amide bonds. The highest BCUT2D eigenvalue weighted by Gasteiger charge is 2.35. The van der Waals surface area contributed by atoms with Gasteiger partial charge < -0.3 is 19.9 Å². The van der Waals surface area contributed by atoms with Gasteiger partial charge in [-0.3, -0.25) is 4.79 Å². The second-order valence-electron chi connectivity index (χ2n) is 6.63. The topological polar surface area (TPSA) is 84.9 Å². The van der Waals surface area contributed by atoms with Crippen molar-refractivity contribution in [2.75, 3.05) is 12.1 Å². The number of carbonyl (C=O) groups is 2. The van der Waals surface area contributed by atoms with E-state index < -0.39 is 5.97 Å². The summed E-state index contributed by atoms with van der Waals surface area (Å²) in [6.07, 6.45) is 0.250. The Labute approximate surface area is 164 Å². The molecule has 3 heterocycles. The predicted octanol–water partition coefficient (Wildman–Crippen LogP) is 4.32. The van der Waals surface area contributed by atoms with Gasteiger partial charge in [-0.1, -0.05) is 36.4 Å². The molecule has 0 radical (unpaired) electrons. The molecule has 5 rings (SSSR count). The molecule has 0 aliphatic carbocycles. The number of hydrogen-bond acceptors (Lipinski definition) is 5. The Hall–Kier alpha value is -3.32. The summed E-state index contributed by atoms with van der Waals surface area (Å²) in [6, 6.07) is 14.9. The van der Waals surface area contributed by atoms with Crippen LogP contribution in [0.4, 0.5) is 5.69 Å². The van der Waals surface area contributed by atoms with Gasteiger partial charge in [-0.05, 0) is 23.3 Å². The molecule has 2 N–H and O–H groups in total. The maximum Gasteiger partial charge on any atom is 0.346 e. The number of nitrogens with one attached hydrogen (secondary N) is 1. The Morgan fingerprint density at radius 1 is 1.11 bits per heavy atom. The quantitative estimate of drug-likeness (QED) is 0.692. The molecule has 0 fully saturated rings. The number of fused-ring (bicyclic) bond motifs is 2. The lowest BCUT2D eigenvalue weighted by Gasteiger charge is -2.24. The van der Waals surface area contributed by atoms with Gasteiger partial charge in [0.05, 0.1) is 5.69 Å². The number of carboxylic acid groups (broad SMARTS) is 1. The molecule has 28 heavy (non-hydrogen) atoms. The first-order valence-electron chi connectivity index (χ1n) is 8.76. The number of benzene rings is 2. The monoisotopic (exact) mass is 393 g/mol. The fourth-order valence-corrected chi connectivity index (χ4v) is 4.96. The van der Waals surface area contributed by atoms with Crippen LogP contribution in [0.3, 0.4) is 0 Å². The SMILES string of the molecule is O=C1C[C@@H](c2ccc3c(c2)OCO3)c2sc(C(=O)O)c(-c3ccccc3)c2N1. The first-order chi connectivity index (χ1) is 13.6. The summed E-state index contributed by atoms with van der Waals surface area (Å²) in [6.45, 7) is 0.176. The Kier molecular flexibility index (Phi) is 3.84. The van der Waals surface area contributed by atoms with E-state index >= 15 is 0 Å². The molecular formula is C21H15NO5S. The average Bonchev–Trinajstić information content (AvgIpc) is 3.31. The zero-order chi connectivity index (χ0) is 19.3. The molecule has 0 saturated carbocycles. The molecule has 2 aliphatic rings. The third-order valence-electron chi connectivity index (χ3n) is 4.96. The van der Waals surface area contributed by atoms with Crippen molar-refractivity contribution in [3.8, 4) is 22.6 Å². The number of amides is 1. The van der Waals surface area contributed by atoms with Crippen molar-refractivity contribution >= 4 is 28.9 Å². The molecule has 0 spiro atoms. The number of aromatic carboxylic acids is 1. The summed E-state index contributed by atoms with van der Waals surface area (Å²) in [5.74, 6) is -0.0622. The molecular weight excluding hydrogens is 378 g/mol. The number of hydrogen-bond donors (Lipinski definition) is 2. The molecule has 140 valence electrons. The van der Waals surface area contributed by atoms with Crippen molar-refractivity contribution in [3.05, 3.63) is 63.8 Å². The first kappa shape index (κ1) is 16.8. The largest absolute Gasteiger partial charge is 0.477 e. The van der Waals surface area contributed by atoms with Crippen LogP contribution < -0.4 is 14.8 Å². The summed E-state index contributed by atoms with van der Waals surface area (Å²) in [5, 5.41) is 12.7. The number of rotatable bonds is 3. The van der Waals surface area contributed by atoms with Crippen LogP contribution in [0.25, 0.3) is 11.1 Å². The third-order valence-corrected chi connectivity index (χ3v) is 6.25. The van der Waals surface area contributed by atoms with Crippen molar-refractivity contribution in [1.82, 2.24) is 0 Å². The van der Waals surface area contributed by atoms with Crippen molar-refractivity contribution in [2.45, 2.75) is 12.3 Å². The molecule has 1 atom stereocenters. The van der Waals surface area contributed by atoms with E-state index in [4.69, 9.17) is 9.47 Å². The summed E-state index contributed by atoms with van der Waals surface area (Å²) in [5.41, 5.74) is 2.82. The highest BCUT2D eigenvalue weighted by Crippen LogP contribution is 2.50. The number of thiophene rings is 1. The van der Waals surface area contributed by atoms with Crippen LogP contribution >= 0.6 is 11.3 Å². The van der Waals surface area contributed by atoms with Crippen molar-refractivity contribution in [1.29, 1.82) is 0 Å². The minimum Gasteiger partial charge on any atom is -0.477 e. The molecule has 1 aromatic heterocycles. The molecule has 0 bridgehead atoms. The van der Waals surface area contributed by atoms with Crippen molar-refractivity contribution in [3.63, 3.8) is 0 Å². The molecule has 6 nitrogen and oxygen atoms in total. The van der Waals surface area contributed by atoms with Gasteiger partial charge in [-0.15, -0.1) is 11.3 Å². The fraction of sp³-hybridized carbons (Fsp3) is 0.143. The van der Waals surface area contributed by atoms with Gasteiger partial charge in [0.15, 0.2) is 11.5 Å². The molecule has 3 aromatic rings.